The molecule has 1 saturated heterocycles. The van der Waals surface area contributed by atoms with Crippen LogP contribution in [0.25, 0.3) is 22.0 Å². The fraction of sp³-hybridized carbons (Fsp3) is 0.320. The Balaban J connectivity index is 0.000000325. The molecule has 188 valence electrons. The number of aliphatic hydroxyl groups is 2. The average Bonchev–Trinajstić information content (AvgIpc) is 3.58. The maximum absolute atomic E-state index is 10.6. The number of nitrogens with zero attached hydrogens (tertiary/aromatic N) is 6. The van der Waals surface area contributed by atoms with E-state index in [1.54, 1.807) is 49.3 Å². The fourth-order valence-corrected chi connectivity index (χ4v) is 4.31. The molecular formula is C25H29N7O3S. The third-order valence-electron chi connectivity index (χ3n) is 5.29. The molecule has 1 fully saturated rings. The lowest BCUT2D eigenvalue weighted by Crippen LogP contribution is -2.26. The van der Waals surface area contributed by atoms with Crippen LogP contribution >= 0.6 is 11.3 Å². The van der Waals surface area contributed by atoms with Crippen molar-refractivity contribution in [1.29, 1.82) is 0 Å². The summed E-state index contributed by atoms with van der Waals surface area (Å²) in [6, 6.07) is 11.9. The van der Waals surface area contributed by atoms with Crippen LogP contribution < -0.4 is 5.32 Å². The smallest absolute Gasteiger partial charge is 0.251 e. The van der Waals surface area contributed by atoms with Crippen molar-refractivity contribution in [3.63, 3.8) is 0 Å². The monoisotopic (exact) mass is 507 g/mol. The van der Waals surface area contributed by atoms with Crippen LogP contribution in [-0.2, 0) is 11.3 Å². The molecule has 0 bridgehead atoms. The molecule has 11 heteroatoms. The first-order chi connectivity index (χ1) is 17.2. The van der Waals surface area contributed by atoms with Crippen LogP contribution in [0.2, 0.25) is 0 Å². The number of anilines is 2. The molecular weight excluding hydrogens is 478 g/mol. The SMILES string of the molecule is CC(C)(O)Cn1cc(Nc2nccc(-c3nc(-c4ccccc4)cs3)n2)cn1.CN1CCC(O)C1=O. The van der Waals surface area contributed by atoms with Gasteiger partial charge < -0.3 is 20.4 Å². The average molecular weight is 508 g/mol. The highest BCUT2D eigenvalue weighted by Crippen LogP contribution is 2.28. The number of carbonyl (C=O) groups excluding carboxylic acids is 1. The molecule has 0 aliphatic carbocycles. The Hall–Kier alpha value is -3.67. The molecule has 1 amide bonds. The van der Waals surface area contributed by atoms with Gasteiger partial charge in [-0.25, -0.2) is 15.0 Å². The fourth-order valence-electron chi connectivity index (χ4n) is 3.52. The highest BCUT2D eigenvalue weighted by molar-refractivity contribution is 7.13. The second-order valence-corrected chi connectivity index (χ2v) is 9.96. The lowest BCUT2D eigenvalue weighted by atomic mass is 10.1. The standard InChI is InChI=1S/C20H20N6OS.C5H9NO2/c1-20(2,27)13-26-11-15(10-22-26)23-19-21-9-8-16(25-19)18-24-17(12-28-18)14-6-4-3-5-7-14;1-6-3-2-4(7)5(6)8/h3-12,27H,13H2,1-2H3,(H,21,23,25);4,7H,2-3H2,1H3. The van der Waals surface area contributed by atoms with Crippen LogP contribution in [0.1, 0.15) is 20.3 Å². The minimum atomic E-state index is -0.832. The number of likely N-dealkylation sites (N-methyl/N-ethyl adjacent to an activating group) is 1. The first-order valence-corrected chi connectivity index (χ1v) is 12.4. The molecule has 1 aliphatic heterocycles. The molecule has 1 unspecified atom stereocenters. The van der Waals surface area contributed by atoms with Crippen molar-refractivity contribution >= 4 is 28.9 Å². The summed E-state index contributed by atoms with van der Waals surface area (Å²) in [5, 5.41) is 28.9. The maximum Gasteiger partial charge on any atom is 0.251 e. The van der Waals surface area contributed by atoms with Crippen LogP contribution in [0.5, 0.6) is 0 Å². The summed E-state index contributed by atoms with van der Waals surface area (Å²) < 4.78 is 1.68. The van der Waals surface area contributed by atoms with Crippen molar-refractivity contribution in [3.05, 3.63) is 60.4 Å². The number of hydrogen-bond acceptors (Lipinski definition) is 9. The zero-order valence-electron chi connectivity index (χ0n) is 20.4. The molecule has 1 atom stereocenters. The number of aromatic nitrogens is 5. The number of likely N-dealkylation sites (tertiary alicyclic amines) is 1. The molecule has 0 radical (unpaired) electrons. The summed E-state index contributed by atoms with van der Waals surface area (Å²) in [7, 11) is 1.69. The summed E-state index contributed by atoms with van der Waals surface area (Å²) in [5.41, 5.74) is 2.69. The topological polar surface area (TPSA) is 129 Å². The highest BCUT2D eigenvalue weighted by atomic mass is 32.1. The van der Waals surface area contributed by atoms with Gasteiger partial charge in [-0.15, -0.1) is 11.3 Å². The van der Waals surface area contributed by atoms with E-state index in [1.165, 1.54) is 4.90 Å². The minimum Gasteiger partial charge on any atom is -0.389 e. The molecule has 3 aromatic heterocycles. The van der Waals surface area contributed by atoms with Crippen molar-refractivity contribution in [2.75, 3.05) is 18.9 Å². The van der Waals surface area contributed by atoms with Gasteiger partial charge in [0.1, 0.15) is 16.8 Å². The van der Waals surface area contributed by atoms with E-state index < -0.39 is 11.7 Å². The zero-order valence-corrected chi connectivity index (χ0v) is 21.2. The van der Waals surface area contributed by atoms with E-state index in [4.69, 9.17) is 10.1 Å². The van der Waals surface area contributed by atoms with E-state index >= 15 is 0 Å². The van der Waals surface area contributed by atoms with Crippen molar-refractivity contribution < 1.29 is 15.0 Å². The van der Waals surface area contributed by atoms with Gasteiger partial charge in [0.05, 0.1) is 29.7 Å². The number of carbonyl (C=O) groups is 1. The molecule has 0 saturated carbocycles. The Morgan fingerprint density at radius 1 is 1.17 bits per heavy atom. The van der Waals surface area contributed by atoms with E-state index in [9.17, 15) is 9.90 Å². The van der Waals surface area contributed by atoms with Gasteiger partial charge in [0, 0.05) is 36.9 Å². The largest absolute Gasteiger partial charge is 0.389 e. The molecule has 4 heterocycles. The summed E-state index contributed by atoms with van der Waals surface area (Å²) >= 11 is 1.55. The van der Waals surface area contributed by atoms with E-state index in [0.29, 0.717) is 25.5 Å². The van der Waals surface area contributed by atoms with Gasteiger partial charge in [-0.05, 0) is 26.3 Å². The van der Waals surface area contributed by atoms with Crippen molar-refractivity contribution in [3.8, 4) is 22.0 Å². The number of aliphatic hydroxyl groups excluding tert-OH is 1. The molecule has 36 heavy (non-hydrogen) atoms. The predicted octanol–water partition coefficient (Wildman–Crippen LogP) is 3.19. The van der Waals surface area contributed by atoms with Gasteiger partial charge in [-0.2, -0.15) is 5.10 Å². The maximum atomic E-state index is 10.6. The molecule has 3 N–H and O–H groups in total. The minimum absolute atomic E-state index is 0.148. The summed E-state index contributed by atoms with van der Waals surface area (Å²) in [4.78, 5) is 25.7. The van der Waals surface area contributed by atoms with Gasteiger partial charge in [0.15, 0.2) is 0 Å². The van der Waals surface area contributed by atoms with Crippen LogP contribution in [0.3, 0.4) is 0 Å². The first-order valence-electron chi connectivity index (χ1n) is 11.5. The van der Waals surface area contributed by atoms with Crippen LogP contribution in [0.4, 0.5) is 11.6 Å². The molecule has 1 aliphatic rings. The van der Waals surface area contributed by atoms with Crippen LogP contribution in [0.15, 0.2) is 60.4 Å². The molecule has 10 nitrogen and oxygen atoms in total. The number of hydrogen-bond donors (Lipinski definition) is 3. The summed E-state index contributed by atoms with van der Waals surface area (Å²) in [5.74, 6) is 0.321. The molecule has 0 spiro atoms. The van der Waals surface area contributed by atoms with E-state index in [-0.39, 0.29) is 5.91 Å². The second-order valence-electron chi connectivity index (χ2n) is 9.10. The third kappa shape index (κ3) is 6.72. The quantitative estimate of drug-likeness (QED) is 0.363. The lowest BCUT2D eigenvalue weighted by molar-refractivity contribution is -0.133. The van der Waals surface area contributed by atoms with Crippen molar-refractivity contribution in [2.45, 2.75) is 38.5 Å². The Labute approximate surface area is 213 Å². The van der Waals surface area contributed by atoms with E-state index in [1.807, 2.05) is 48.0 Å². The lowest BCUT2D eigenvalue weighted by Gasteiger charge is -2.16. The Kier molecular flexibility index (Phi) is 7.73. The van der Waals surface area contributed by atoms with E-state index in [0.717, 1.165) is 27.6 Å². The van der Waals surface area contributed by atoms with Crippen LogP contribution in [0, 0.1) is 0 Å². The summed E-state index contributed by atoms with van der Waals surface area (Å²) in [6.45, 7) is 4.58. The normalized spacial score (nSPS) is 15.5. The van der Waals surface area contributed by atoms with Gasteiger partial charge >= 0.3 is 0 Å². The first kappa shape index (κ1) is 25.4. The van der Waals surface area contributed by atoms with E-state index in [2.05, 4.69) is 20.4 Å². The second kappa shape index (κ2) is 10.9. The third-order valence-corrected chi connectivity index (χ3v) is 6.15. The highest BCUT2D eigenvalue weighted by Gasteiger charge is 2.26. The number of amides is 1. The molecule has 5 rings (SSSR count). The zero-order chi connectivity index (χ0) is 25.7. The Morgan fingerprint density at radius 3 is 2.58 bits per heavy atom. The Bertz CT molecular complexity index is 1290. The van der Waals surface area contributed by atoms with Crippen molar-refractivity contribution in [2.24, 2.45) is 0 Å². The van der Waals surface area contributed by atoms with Gasteiger partial charge in [0.25, 0.3) is 5.91 Å². The predicted molar refractivity (Wildman–Crippen MR) is 139 cm³/mol. The number of nitrogens with one attached hydrogen (secondary N) is 1. The molecule has 4 aromatic rings. The summed E-state index contributed by atoms with van der Waals surface area (Å²) in [6.07, 6.45) is 5.06. The number of benzene rings is 1. The number of thiazole rings is 1. The van der Waals surface area contributed by atoms with Gasteiger partial charge in [-0.1, -0.05) is 30.3 Å². The molecule has 1 aromatic carbocycles. The van der Waals surface area contributed by atoms with Gasteiger partial charge in [0.2, 0.25) is 5.95 Å². The number of rotatable bonds is 6. The van der Waals surface area contributed by atoms with Crippen LogP contribution in [-0.4, -0.2) is 71.1 Å². The Morgan fingerprint density at radius 2 is 1.94 bits per heavy atom. The van der Waals surface area contributed by atoms with Crippen molar-refractivity contribution in [1.82, 2.24) is 29.6 Å². The van der Waals surface area contributed by atoms with Gasteiger partial charge in [-0.3, -0.25) is 9.48 Å².